The average molecular weight is 379 g/mol. The van der Waals surface area contributed by atoms with Crippen LogP contribution in [0.3, 0.4) is 0 Å². The summed E-state index contributed by atoms with van der Waals surface area (Å²) in [5.41, 5.74) is 0.150. The highest BCUT2D eigenvalue weighted by atomic mass is 35.5. The second-order valence-corrected chi connectivity index (χ2v) is 7.46. The summed E-state index contributed by atoms with van der Waals surface area (Å²) in [6.07, 6.45) is 6.57. The van der Waals surface area contributed by atoms with Gasteiger partial charge in [-0.25, -0.2) is 4.79 Å². The first-order valence-electron chi connectivity index (χ1n) is 9.03. The van der Waals surface area contributed by atoms with E-state index < -0.39 is 29.9 Å². The van der Waals surface area contributed by atoms with Gasteiger partial charge in [0.05, 0.1) is 5.41 Å². The molecule has 0 aromatic heterocycles. The van der Waals surface area contributed by atoms with Crippen LogP contribution in [-0.4, -0.2) is 30.6 Å². The van der Waals surface area contributed by atoms with E-state index in [1.54, 1.807) is 24.3 Å². The van der Waals surface area contributed by atoms with Crippen LogP contribution >= 0.6 is 11.6 Å². The molecule has 0 aliphatic heterocycles. The van der Waals surface area contributed by atoms with Crippen LogP contribution < -0.4 is 10.6 Å². The zero-order valence-electron chi connectivity index (χ0n) is 14.6. The molecule has 0 bridgehead atoms. The van der Waals surface area contributed by atoms with Crippen molar-refractivity contribution < 1.29 is 19.1 Å². The topological polar surface area (TPSA) is 84.5 Å². The third-order valence-electron chi connectivity index (χ3n) is 5.07. The van der Waals surface area contributed by atoms with Gasteiger partial charge in [0.1, 0.15) is 0 Å². The lowest BCUT2D eigenvalue weighted by Crippen LogP contribution is -2.46. The minimum absolute atomic E-state index is 0.110. The van der Waals surface area contributed by atoms with Crippen molar-refractivity contribution in [3.63, 3.8) is 0 Å². The summed E-state index contributed by atoms with van der Waals surface area (Å²) in [4.78, 5) is 36.1. The summed E-state index contributed by atoms with van der Waals surface area (Å²) in [6.45, 7) is -0.466. The van der Waals surface area contributed by atoms with E-state index in [1.807, 2.05) is 0 Å². The molecular formula is C19H23ClN2O4. The van der Waals surface area contributed by atoms with E-state index in [0.29, 0.717) is 17.9 Å². The third kappa shape index (κ3) is 4.55. The first-order chi connectivity index (χ1) is 12.5. The van der Waals surface area contributed by atoms with Gasteiger partial charge in [0, 0.05) is 11.1 Å². The monoisotopic (exact) mass is 378 g/mol. The molecule has 26 heavy (non-hydrogen) atoms. The number of esters is 1. The maximum absolute atomic E-state index is 12.4. The summed E-state index contributed by atoms with van der Waals surface area (Å²) in [5, 5.41) is 5.60. The van der Waals surface area contributed by atoms with E-state index in [1.165, 1.54) is 6.42 Å². The van der Waals surface area contributed by atoms with Crippen LogP contribution in [0.1, 0.15) is 50.5 Å². The quantitative estimate of drug-likeness (QED) is 0.771. The number of rotatable bonds is 5. The van der Waals surface area contributed by atoms with E-state index in [4.69, 9.17) is 16.3 Å². The zero-order chi connectivity index (χ0) is 18.6. The van der Waals surface area contributed by atoms with E-state index in [9.17, 15) is 14.4 Å². The van der Waals surface area contributed by atoms with Gasteiger partial charge in [0.2, 0.25) is 0 Å². The van der Waals surface area contributed by atoms with Gasteiger partial charge >= 0.3 is 12.0 Å². The first kappa shape index (κ1) is 18.7. The maximum atomic E-state index is 12.4. The Bertz CT molecular complexity index is 679. The number of ether oxygens (including phenoxy) is 1. The number of hydrogen-bond donors (Lipinski definition) is 2. The molecule has 2 aliphatic rings. The van der Waals surface area contributed by atoms with Crippen LogP contribution in [0.4, 0.5) is 4.79 Å². The Balaban J connectivity index is 1.44. The minimum Gasteiger partial charge on any atom is -0.455 e. The molecule has 6 nitrogen and oxygen atoms in total. The van der Waals surface area contributed by atoms with Crippen molar-refractivity contribution in [3.05, 3.63) is 34.9 Å². The lowest BCUT2D eigenvalue weighted by atomic mass is 9.96. The number of urea groups is 1. The van der Waals surface area contributed by atoms with Gasteiger partial charge in [-0.05, 0) is 43.4 Å². The molecule has 2 N–H and O–H groups in total. The predicted molar refractivity (Wildman–Crippen MR) is 96.9 cm³/mol. The maximum Gasteiger partial charge on any atom is 0.321 e. The van der Waals surface area contributed by atoms with Gasteiger partial charge in [0.15, 0.2) is 6.61 Å². The van der Waals surface area contributed by atoms with Crippen molar-refractivity contribution in [2.24, 2.45) is 0 Å². The lowest BCUT2D eigenvalue weighted by Gasteiger charge is -2.22. The fourth-order valence-electron chi connectivity index (χ4n) is 3.40. The summed E-state index contributed by atoms with van der Waals surface area (Å²) in [5.74, 6) is -1.07. The Kier molecular flexibility index (Phi) is 5.81. The van der Waals surface area contributed by atoms with Crippen molar-refractivity contribution in [2.45, 2.75) is 56.4 Å². The van der Waals surface area contributed by atoms with Crippen LogP contribution in [0.15, 0.2) is 24.3 Å². The van der Waals surface area contributed by atoms with Gasteiger partial charge in [-0.2, -0.15) is 0 Å². The summed E-state index contributed by atoms with van der Waals surface area (Å²) >= 11 is 5.88. The molecule has 3 rings (SSSR count). The molecule has 2 saturated carbocycles. The third-order valence-corrected chi connectivity index (χ3v) is 5.32. The van der Waals surface area contributed by atoms with E-state index in [-0.39, 0.29) is 6.04 Å². The number of carbonyl (C=O) groups is 3. The lowest BCUT2D eigenvalue weighted by molar-refractivity contribution is -0.150. The molecule has 0 spiro atoms. The molecule has 1 aromatic carbocycles. The smallest absolute Gasteiger partial charge is 0.321 e. The molecule has 0 heterocycles. The number of halogens is 1. The Hall–Kier alpha value is -2.08. The van der Waals surface area contributed by atoms with Crippen molar-refractivity contribution in [1.29, 1.82) is 0 Å². The molecule has 0 saturated heterocycles. The SMILES string of the molecule is O=C(COC(=O)C1(c2ccc(Cl)cc2)CC1)NC(=O)NC1CCCCC1. The van der Waals surface area contributed by atoms with Crippen molar-refractivity contribution in [2.75, 3.05) is 6.61 Å². The van der Waals surface area contributed by atoms with Crippen LogP contribution in [-0.2, 0) is 19.7 Å². The molecule has 140 valence electrons. The second-order valence-electron chi connectivity index (χ2n) is 7.02. The molecule has 7 heteroatoms. The van der Waals surface area contributed by atoms with E-state index in [2.05, 4.69) is 10.6 Å². The van der Waals surface area contributed by atoms with Crippen LogP contribution in [0.25, 0.3) is 0 Å². The summed E-state index contributed by atoms with van der Waals surface area (Å²) < 4.78 is 5.14. The summed E-state index contributed by atoms with van der Waals surface area (Å²) in [7, 11) is 0. The van der Waals surface area contributed by atoms with Crippen molar-refractivity contribution in [3.8, 4) is 0 Å². The van der Waals surface area contributed by atoms with Gasteiger partial charge in [-0.3, -0.25) is 14.9 Å². The Morgan fingerprint density at radius 3 is 2.35 bits per heavy atom. The number of carbonyl (C=O) groups excluding carboxylic acids is 3. The Morgan fingerprint density at radius 2 is 1.73 bits per heavy atom. The standard InChI is InChI=1S/C19H23ClN2O4/c20-14-8-6-13(7-9-14)19(10-11-19)17(24)26-12-16(23)22-18(25)21-15-4-2-1-3-5-15/h6-9,15H,1-5,10-12H2,(H2,21,22,23,25). The number of imide groups is 1. The minimum atomic E-state index is -0.685. The highest BCUT2D eigenvalue weighted by Crippen LogP contribution is 2.49. The Labute approximate surface area is 157 Å². The number of amides is 3. The molecule has 3 amide bonds. The van der Waals surface area contributed by atoms with E-state index >= 15 is 0 Å². The summed E-state index contributed by atoms with van der Waals surface area (Å²) in [6, 6.07) is 6.64. The largest absolute Gasteiger partial charge is 0.455 e. The number of hydrogen-bond acceptors (Lipinski definition) is 4. The molecular weight excluding hydrogens is 356 g/mol. The molecule has 0 atom stereocenters. The Morgan fingerprint density at radius 1 is 1.08 bits per heavy atom. The van der Waals surface area contributed by atoms with E-state index in [0.717, 1.165) is 31.2 Å². The van der Waals surface area contributed by atoms with Crippen LogP contribution in [0.5, 0.6) is 0 Å². The fraction of sp³-hybridized carbons (Fsp3) is 0.526. The second kappa shape index (κ2) is 8.08. The van der Waals surface area contributed by atoms with Crippen molar-refractivity contribution in [1.82, 2.24) is 10.6 Å². The fourth-order valence-corrected chi connectivity index (χ4v) is 3.53. The molecule has 2 aliphatic carbocycles. The molecule has 0 unspecified atom stereocenters. The highest BCUT2D eigenvalue weighted by Gasteiger charge is 2.52. The first-order valence-corrected chi connectivity index (χ1v) is 9.41. The number of nitrogens with one attached hydrogen (secondary N) is 2. The predicted octanol–water partition coefficient (Wildman–Crippen LogP) is 3.07. The van der Waals surface area contributed by atoms with Gasteiger partial charge in [-0.15, -0.1) is 0 Å². The van der Waals surface area contributed by atoms with Crippen molar-refractivity contribution >= 4 is 29.5 Å². The highest BCUT2D eigenvalue weighted by molar-refractivity contribution is 6.30. The molecule has 2 fully saturated rings. The number of benzene rings is 1. The van der Waals surface area contributed by atoms with Gasteiger partial charge in [-0.1, -0.05) is 43.0 Å². The van der Waals surface area contributed by atoms with Crippen LogP contribution in [0, 0.1) is 0 Å². The van der Waals surface area contributed by atoms with Gasteiger partial charge in [0.25, 0.3) is 5.91 Å². The zero-order valence-corrected chi connectivity index (χ0v) is 15.3. The normalized spacial score (nSPS) is 18.7. The molecule has 0 radical (unpaired) electrons. The van der Waals surface area contributed by atoms with Gasteiger partial charge < -0.3 is 10.1 Å². The average Bonchev–Trinajstić information content (AvgIpc) is 3.43. The molecule has 1 aromatic rings. The van der Waals surface area contributed by atoms with Crippen LogP contribution in [0.2, 0.25) is 5.02 Å².